The van der Waals surface area contributed by atoms with E-state index in [-0.39, 0.29) is 14.4 Å². The van der Waals surface area contributed by atoms with Crippen LogP contribution in [-0.2, 0) is 16.6 Å². The summed E-state index contributed by atoms with van der Waals surface area (Å²) in [4.78, 5) is 0. The molecule has 2 heterocycles. The monoisotopic (exact) mass is 403 g/mol. The number of thiophene rings is 1. The second kappa shape index (κ2) is 6.11. The molecule has 2 aromatic rings. The highest BCUT2D eigenvalue weighted by atomic mass is 79.9. The van der Waals surface area contributed by atoms with Gasteiger partial charge in [-0.1, -0.05) is 0 Å². The molecule has 0 N–H and O–H groups in total. The third-order valence-electron chi connectivity index (χ3n) is 2.43. The fourth-order valence-corrected chi connectivity index (χ4v) is 5.42. The summed E-state index contributed by atoms with van der Waals surface area (Å²) in [6.07, 6.45) is -3.38. The summed E-state index contributed by atoms with van der Waals surface area (Å²) in [5.41, 5.74) is 0. The Labute approximate surface area is 131 Å². The molecule has 0 aliphatic carbocycles. The molecule has 0 bridgehead atoms. The van der Waals surface area contributed by atoms with Crippen LogP contribution in [0.1, 0.15) is 5.76 Å². The quantitative estimate of drug-likeness (QED) is 0.761. The van der Waals surface area contributed by atoms with Crippen molar-refractivity contribution in [3.63, 3.8) is 0 Å². The van der Waals surface area contributed by atoms with E-state index in [1.165, 1.54) is 29.8 Å². The predicted octanol–water partition coefficient (Wildman–Crippen LogP) is 3.86. The lowest BCUT2D eigenvalue weighted by Gasteiger charge is -2.22. The SMILES string of the molecule is O=S(=O)(c1sccc1Br)N(Cc1ccco1)CC(F)(F)F. The maximum absolute atomic E-state index is 12.7. The minimum absolute atomic E-state index is 0.135. The van der Waals surface area contributed by atoms with Gasteiger partial charge in [0.2, 0.25) is 0 Å². The minimum atomic E-state index is -4.65. The van der Waals surface area contributed by atoms with Crippen LogP contribution in [0.2, 0.25) is 0 Å². The summed E-state index contributed by atoms with van der Waals surface area (Å²) in [6, 6.07) is 4.37. The van der Waals surface area contributed by atoms with Gasteiger partial charge < -0.3 is 4.42 Å². The molecule has 116 valence electrons. The molecule has 21 heavy (non-hydrogen) atoms. The third kappa shape index (κ3) is 4.09. The van der Waals surface area contributed by atoms with Crippen molar-refractivity contribution in [3.8, 4) is 0 Å². The molecule has 0 saturated carbocycles. The molecule has 10 heteroatoms. The zero-order valence-corrected chi connectivity index (χ0v) is 13.5. The Kier molecular flexibility index (Phi) is 4.81. The van der Waals surface area contributed by atoms with E-state index in [4.69, 9.17) is 4.42 Å². The Morgan fingerprint density at radius 1 is 1.33 bits per heavy atom. The summed E-state index contributed by atoms with van der Waals surface area (Å²) in [5, 5.41) is 1.48. The molecule has 0 atom stereocenters. The maximum atomic E-state index is 12.7. The van der Waals surface area contributed by atoms with Crippen molar-refractivity contribution in [2.45, 2.75) is 16.9 Å². The van der Waals surface area contributed by atoms with Crippen LogP contribution in [-0.4, -0.2) is 25.4 Å². The standard InChI is InChI=1S/C11H9BrF3NO3S2/c12-9-3-5-20-10(9)21(17,18)16(7-11(13,14)15)6-8-2-1-4-19-8/h1-5H,6-7H2. The van der Waals surface area contributed by atoms with Crippen molar-refractivity contribution in [3.05, 3.63) is 40.1 Å². The number of sulfonamides is 1. The molecule has 4 nitrogen and oxygen atoms in total. The van der Waals surface area contributed by atoms with Crippen LogP contribution in [0.3, 0.4) is 0 Å². The van der Waals surface area contributed by atoms with Crippen LogP contribution in [0, 0.1) is 0 Å². The van der Waals surface area contributed by atoms with Gasteiger partial charge in [0.25, 0.3) is 10.0 Å². The van der Waals surface area contributed by atoms with Gasteiger partial charge in [0, 0.05) is 4.47 Å². The molecule has 2 aromatic heterocycles. The smallest absolute Gasteiger partial charge is 0.402 e. The van der Waals surface area contributed by atoms with E-state index in [2.05, 4.69) is 15.9 Å². The number of hydrogen-bond acceptors (Lipinski definition) is 4. The zero-order valence-electron chi connectivity index (χ0n) is 10.3. The van der Waals surface area contributed by atoms with Crippen molar-refractivity contribution >= 4 is 37.3 Å². The summed E-state index contributed by atoms with van der Waals surface area (Å²) in [7, 11) is -4.27. The molecular formula is C11H9BrF3NO3S2. The molecule has 2 rings (SSSR count). The minimum Gasteiger partial charge on any atom is -0.468 e. The van der Waals surface area contributed by atoms with Crippen LogP contribution < -0.4 is 0 Å². The van der Waals surface area contributed by atoms with Gasteiger partial charge >= 0.3 is 6.18 Å². The van der Waals surface area contributed by atoms with Gasteiger partial charge in [-0.15, -0.1) is 11.3 Å². The van der Waals surface area contributed by atoms with Crippen molar-refractivity contribution in [1.82, 2.24) is 4.31 Å². The predicted molar refractivity (Wildman–Crippen MR) is 74.4 cm³/mol. The molecule has 0 spiro atoms. The highest BCUT2D eigenvalue weighted by Crippen LogP contribution is 2.32. The summed E-state index contributed by atoms with van der Waals surface area (Å²) in [6.45, 7) is -2.07. The van der Waals surface area contributed by atoms with Crippen LogP contribution in [0.15, 0.2) is 42.9 Å². The number of furan rings is 1. The Hall–Kier alpha value is -0.840. The number of hydrogen-bond donors (Lipinski definition) is 0. The molecular weight excluding hydrogens is 395 g/mol. The highest BCUT2D eigenvalue weighted by molar-refractivity contribution is 9.10. The number of halogens is 4. The van der Waals surface area contributed by atoms with E-state index in [0.29, 0.717) is 4.31 Å². The molecule has 0 saturated heterocycles. The first kappa shape index (κ1) is 16.5. The lowest BCUT2D eigenvalue weighted by Crippen LogP contribution is -2.38. The highest BCUT2D eigenvalue weighted by Gasteiger charge is 2.38. The Morgan fingerprint density at radius 2 is 2.05 bits per heavy atom. The van der Waals surface area contributed by atoms with Crippen LogP contribution >= 0.6 is 27.3 Å². The van der Waals surface area contributed by atoms with E-state index in [1.807, 2.05) is 0 Å². The molecule has 0 aliphatic heterocycles. The van der Waals surface area contributed by atoms with Gasteiger partial charge in [0.1, 0.15) is 16.5 Å². The Morgan fingerprint density at radius 3 is 2.52 bits per heavy atom. The number of alkyl halides is 3. The van der Waals surface area contributed by atoms with E-state index in [0.717, 1.165) is 11.3 Å². The molecule has 0 fully saturated rings. The molecule has 0 radical (unpaired) electrons. The number of nitrogens with zero attached hydrogens (tertiary/aromatic N) is 1. The van der Waals surface area contributed by atoms with Gasteiger partial charge in [-0.05, 0) is 39.5 Å². The van der Waals surface area contributed by atoms with Crippen molar-refractivity contribution in [2.75, 3.05) is 6.54 Å². The molecule has 0 aliphatic rings. The summed E-state index contributed by atoms with van der Waals surface area (Å²) in [5.74, 6) is 0.135. The van der Waals surface area contributed by atoms with E-state index >= 15 is 0 Å². The summed E-state index contributed by atoms with van der Waals surface area (Å²) >= 11 is 3.88. The van der Waals surface area contributed by atoms with Gasteiger partial charge in [-0.3, -0.25) is 0 Å². The van der Waals surface area contributed by atoms with E-state index in [9.17, 15) is 21.6 Å². The van der Waals surface area contributed by atoms with E-state index in [1.54, 1.807) is 0 Å². The van der Waals surface area contributed by atoms with Gasteiger partial charge in [0.15, 0.2) is 0 Å². The second-order valence-electron chi connectivity index (χ2n) is 4.02. The fraction of sp³-hybridized carbons (Fsp3) is 0.273. The van der Waals surface area contributed by atoms with Crippen LogP contribution in [0.25, 0.3) is 0 Å². The zero-order chi connectivity index (χ0) is 15.7. The second-order valence-corrected chi connectivity index (χ2v) is 7.93. The lowest BCUT2D eigenvalue weighted by atomic mass is 10.4. The van der Waals surface area contributed by atoms with E-state index < -0.39 is 29.3 Å². The van der Waals surface area contributed by atoms with Crippen LogP contribution in [0.4, 0.5) is 13.2 Å². The van der Waals surface area contributed by atoms with Crippen molar-refractivity contribution in [2.24, 2.45) is 0 Å². The first-order valence-electron chi connectivity index (χ1n) is 5.52. The van der Waals surface area contributed by atoms with Crippen molar-refractivity contribution in [1.29, 1.82) is 0 Å². The normalized spacial score (nSPS) is 13.0. The van der Waals surface area contributed by atoms with Gasteiger partial charge in [0.05, 0.1) is 12.8 Å². The lowest BCUT2D eigenvalue weighted by molar-refractivity contribution is -0.137. The average molecular weight is 404 g/mol. The van der Waals surface area contributed by atoms with Gasteiger partial charge in [-0.2, -0.15) is 17.5 Å². The molecule has 0 aromatic carbocycles. The van der Waals surface area contributed by atoms with Gasteiger partial charge in [-0.25, -0.2) is 8.42 Å². The Bertz CT molecular complexity index is 695. The average Bonchev–Trinajstić information content (AvgIpc) is 2.97. The molecule has 0 amide bonds. The first-order chi connectivity index (χ1) is 9.70. The first-order valence-corrected chi connectivity index (χ1v) is 8.64. The van der Waals surface area contributed by atoms with Crippen LogP contribution in [0.5, 0.6) is 0 Å². The Balaban J connectivity index is 2.37. The topological polar surface area (TPSA) is 50.5 Å². The fourth-order valence-electron chi connectivity index (χ4n) is 1.58. The molecule has 0 unspecified atom stereocenters. The van der Waals surface area contributed by atoms with Crippen molar-refractivity contribution < 1.29 is 26.0 Å². The largest absolute Gasteiger partial charge is 0.468 e. The number of rotatable bonds is 5. The summed E-state index contributed by atoms with van der Waals surface area (Å²) < 4.78 is 68.1. The third-order valence-corrected chi connectivity index (χ3v) is 6.87. The maximum Gasteiger partial charge on any atom is 0.402 e.